The lowest BCUT2D eigenvalue weighted by atomic mass is 10.2. The van der Waals surface area contributed by atoms with Gasteiger partial charge in [-0.3, -0.25) is 5.43 Å². The summed E-state index contributed by atoms with van der Waals surface area (Å²) in [5.74, 6) is 1.49. The Morgan fingerprint density at radius 1 is 1.09 bits per heavy atom. The van der Waals surface area contributed by atoms with Crippen molar-refractivity contribution < 1.29 is 9.47 Å². The molecule has 0 saturated carbocycles. The van der Waals surface area contributed by atoms with Crippen molar-refractivity contribution >= 4 is 11.9 Å². The number of rotatable bonds is 8. The van der Waals surface area contributed by atoms with Crippen molar-refractivity contribution in [1.82, 2.24) is 0 Å². The van der Waals surface area contributed by atoms with Crippen molar-refractivity contribution in [1.29, 1.82) is 0 Å². The molecule has 0 spiro atoms. The monoisotopic (exact) mass is 298 g/mol. The van der Waals surface area contributed by atoms with E-state index in [0.717, 1.165) is 35.6 Å². The van der Waals surface area contributed by atoms with Gasteiger partial charge in [-0.05, 0) is 42.3 Å². The van der Waals surface area contributed by atoms with Crippen molar-refractivity contribution in [3.63, 3.8) is 0 Å². The number of unbranched alkanes of at least 4 members (excludes halogenated alkanes) is 1. The van der Waals surface area contributed by atoms with Crippen LogP contribution in [0.4, 0.5) is 5.69 Å². The number of hydrogen-bond donors (Lipinski definition) is 1. The molecule has 0 aliphatic rings. The summed E-state index contributed by atoms with van der Waals surface area (Å²) in [5.41, 5.74) is 4.88. The average Bonchev–Trinajstić information content (AvgIpc) is 2.57. The quantitative estimate of drug-likeness (QED) is 0.448. The fourth-order valence-electron chi connectivity index (χ4n) is 1.90. The number of hydrazone groups is 1. The first-order chi connectivity index (χ1) is 10.8. The van der Waals surface area contributed by atoms with Gasteiger partial charge in [0.25, 0.3) is 0 Å². The van der Waals surface area contributed by atoms with E-state index in [2.05, 4.69) is 17.5 Å². The molecule has 0 unspecified atom stereocenters. The van der Waals surface area contributed by atoms with Gasteiger partial charge in [0.2, 0.25) is 0 Å². The second-order valence-corrected chi connectivity index (χ2v) is 4.85. The molecule has 0 atom stereocenters. The third-order valence-corrected chi connectivity index (χ3v) is 3.12. The molecule has 0 radical (unpaired) electrons. The number of methoxy groups -OCH3 is 1. The fraction of sp³-hybridized carbons (Fsp3) is 0.278. The minimum atomic E-state index is 0.704. The molecule has 0 heterocycles. The first-order valence-corrected chi connectivity index (χ1v) is 7.48. The molecule has 4 heteroatoms. The van der Waals surface area contributed by atoms with Crippen LogP contribution in [0.15, 0.2) is 53.6 Å². The molecule has 0 amide bonds. The Kier molecular flexibility index (Phi) is 6.30. The van der Waals surface area contributed by atoms with Gasteiger partial charge in [-0.25, -0.2) is 0 Å². The SMILES string of the molecule is CCCCOc1ccc(C=NNc2ccccc2)cc1OC. The molecule has 0 aromatic heterocycles. The molecular weight excluding hydrogens is 276 g/mol. The number of benzene rings is 2. The third kappa shape index (κ3) is 4.81. The zero-order valence-electron chi connectivity index (χ0n) is 13.1. The molecule has 2 aromatic rings. The van der Waals surface area contributed by atoms with Crippen LogP contribution in [0.25, 0.3) is 0 Å². The highest BCUT2D eigenvalue weighted by Gasteiger charge is 2.04. The molecule has 0 bridgehead atoms. The molecule has 2 rings (SSSR count). The molecule has 116 valence electrons. The average molecular weight is 298 g/mol. The minimum Gasteiger partial charge on any atom is -0.493 e. The highest BCUT2D eigenvalue weighted by Crippen LogP contribution is 2.27. The van der Waals surface area contributed by atoms with Gasteiger partial charge >= 0.3 is 0 Å². The van der Waals surface area contributed by atoms with E-state index in [0.29, 0.717) is 6.61 Å². The maximum atomic E-state index is 5.71. The summed E-state index contributed by atoms with van der Waals surface area (Å²) in [6.07, 6.45) is 3.90. The van der Waals surface area contributed by atoms with E-state index < -0.39 is 0 Å². The molecule has 4 nitrogen and oxygen atoms in total. The van der Waals surface area contributed by atoms with Gasteiger partial charge in [0, 0.05) is 0 Å². The fourth-order valence-corrected chi connectivity index (χ4v) is 1.90. The molecule has 0 saturated heterocycles. The number of anilines is 1. The van der Waals surface area contributed by atoms with E-state index in [1.165, 1.54) is 0 Å². The van der Waals surface area contributed by atoms with Crippen molar-refractivity contribution in [3.8, 4) is 11.5 Å². The summed E-state index contributed by atoms with van der Waals surface area (Å²) in [6.45, 7) is 2.84. The summed E-state index contributed by atoms with van der Waals surface area (Å²) < 4.78 is 11.1. The molecule has 2 aromatic carbocycles. The highest BCUT2D eigenvalue weighted by atomic mass is 16.5. The summed E-state index contributed by atoms with van der Waals surface area (Å²) in [7, 11) is 1.64. The third-order valence-electron chi connectivity index (χ3n) is 3.12. The van der Waals surface area contributed by atoms with Crippen molar-refractivity contribution in [2.75, 3.05) is 19.1 Å². The van der Waals surface area contributed by atoms with E-state index >= 15 is 0 Å². The Balaban J connectivity index is 1.99. The Labute approximate surface area is 131 Å². The van der Waals surface area contributed by atoms with Crippen LogP contribution < -0.4 is 14.9 Å². The topological polar surface area (TPSA) is 42.8 Å². The highest BCUT2D eigenvalue weighted by molar-refractivity contribution is 5.81. The van der Waals surface area contributed by atoms with Crippen LogP contribution in [-0.2, 0) is 0 Å². The van der Waals surface area contributed by atoms with Gasteiger partial charge in [-0.15, -0.1) is 0 Å². The lowest BCUT2D eigenvalue weighted by Crippen LogP contribution is -1.99. The number of hydrogen-bond acceptors (Lipinski definition) is 4. The molecule has 1 N–H and O–H groups in total. The van der Waals surface area contributed by atoms with Gasteiger partial charge < -0.3 is 9.47 Å². The summed E-state index contributed by atoms with van der Waals surface area (Å²) in [4.78, 5) is 0. The van der Waals surface area contributed by atoms with E-state index in [1.54, 1.807) is 13.3 Å². The van der Waals surface area contributed by atoms with Crippen molar-refractivity contribution in [2.45, 2.75) is 19.8 Å². The second-order valence-electron chi connectivity index (χ2n) is 4.85. The number of nitrogens with zero attached hydrogens (tertiary/aromatic N) is 1. The number of para-hydroxylation sites is 1. The molecular formula is C18H22N2O2. The summed E-state index contributed by atoms with van der Waals surface area (Å²) in [5, 5.41) is 4.22. The zero-order valence-corrected chi connectivity index (χ0v) is 13.1. The first-order valence-electron chi connectivity index (χ1n) is 7.48. The molecule has 0 aliphatic heterocycles. The van der Waals surface area contributed by atoms with Gasteiger partial charge in [0.1, 0.15) is 0 Å². The standard InChI is InChI=1S/C18H22N2O2/c1-3-4-12-22-17-11-10-15(13-18(17)21-2)14-19-20-16-8-6-5-7-9-16/h5-11,13-14,20H,3-4,12H2,1-2H3. The summed E-state index contributed by atoms with van der Waals surface area (Å²) in [6, 6.07) is 15.6. The van der Waals surface area contributed by atoms with E-state index in [9.17, 15) is 0 Å². The second kappa shape index (κ2) is 8.72. The van der Waals surface area contributed by atoms with E-state index in [4.69, 9.17) is 9.47 Å². The Morgan fingerprint density at radius 3 is 2.64 bits per heavy atom. The van der Waals surface area contributed by atoms with Crippen molar-refractivity contribution in [2.24, 2.45) is 5.10 Å². The molecule has 0 fully saturated rings. The molecule has 22 heavy (non-hydrogen) atoms. The Bertz CT molecular complexity index is 597. The lowest BCUT2D eigenvalue weighted by molar-refractivity contribution is 0.288. The van der Waals surface area contributed by atoms with Gasteiger partial charge in [-0.2, -0.15) is 5.10 Å². The van der Waals surface area contributed by atoms with Crippen molar-refractivity contribution in [3.05, 3.63) is 54.1 Å². The predicted octanol–water partition coefficient (Wildman–Crippen LogP) is 4.32. The maximum absolute atomic E-state index is 5.71. The minimum absolute atomic E-state index is 0.704. The lowest BCUT2D eigenvalue weighted by Gasteiger charge is -2.10. The number of nitrogens with one attached hydrogen (secondary N) is 1. The van der Waals surface area contributed by atoms with Crippen LogP contribution in [0.3, 0.4) is 0 Å². The van der Waals surface area contributed by atoms with Gasteiger partial charge in [0.15, 0.2) is 11.5 Å². The normalized spacial score (nSPS) is 10.6. The van der Waals surface area contributed by atoms with Crippen LogP contribution in [0, 0.1) is 0 Å². The Hall–Kier alpha value is -2.49. The van der Waals surface area contributed by atoms with Crippen LogP contribution in [0.5, 0.6) is 11.5 Å². The van der Waals surface area contributed by atoms with Crippen LogP contribution >= 0.6 is 0 Å². The Morgan fingerprint density at radius 2 is 1.91 bits per heavy atom. The maximum Gasteiger partial charge on any atom is 0.161 e. The van der Waals surface area contributed by atoms with Gasteiger partial charge in [0.05, 0.1) is 25.6 Å². The predicted molar refractivity (Wildman–Crippen MR) is 91.1 cm³/mol. The van der Waals surface area contributed by atoms with Crippen LogP contribution in [0.2, 0.25) is 0 Å². The number of ether oxygens (including phenoxy) is 2. The molecule has 0 aliphatic carbocycles. The largest absolute Gasteiger partial charge is 0.493 e. The van der Waals surface area contributed by atoms with E-state index in [1.807, 2.05) is 48.5 Å². The zero-order chi connectivity index (χ0) is 15.6. The van der Waals surface area contributed by atoms with Crippen LogP contribution in [-0.4, -0.2) is 19.9 Å². The smallest absolute Gasteiger partial charge is 0.161 e. The first kappa shape index (κ1) is 15.9. The van der Waals surface area contributed by atoms with Gasteiger partial charge in [-0.1, -0.05) is 31.5 Å². The van der Waals surface area contributed by atoms with Crippen LogP contribution in [0.1, 0.15) is 25.3 Å². The summed E-state index contributed by atoms with van der Waals surface area (Å²) >= 11 is 0. The van der Waals surface area contributed by atoms with E-state index in [-0.39, 0.29) is 0 Å².